The molecule has 88 valence electrons. The van der Waals surface area contributed by atoms with Gasteiger partial charge < -0.3 is 10.4 Å². The van der Waals surface area contributed by atoms with E-state index in [4.69, 9.17) is 11.6 Å². The minimum Gasteiger partial charge on any atom is -0.507 e. The maximum atomic E-state index is 9.98. The third-order valence-corrected chi connectivity index (χ3v) is 3.53. The summed E-state index contributed by atoms with van der Waals surface area (Å²) in [6, 6.07) is 3.70. The van der Waals surface area contributed by atoms with Gasteiger partial charge in [0, 0.05) is 5.02 Å². The molecule has 1 saturated heterocycles. The molecule has 16 heavy (non-hydrogen) atoms. The Balaban J connectivity index is 2.13. The van der Waals surface area contributed by atoms with Gasteiger partial charge in [0.2, 0.25) is 0 Å². The van der Waals surface area contributed by atoms with E-state index in [2.05, 4.69) is 5.32 Å². The largest absolute Gasteiger partial charge is 0.507 e. The maximum Gasteiger partial charge on any atom is 0.121 e. The van der Waals surface area contributed by atoms with Crippen LogP contribution in [0.25, 0.3) is 0 Å². The van der Waals surface area contributed by atoms with E-state index in [9.17, 15) is 5.11 Å². The number of piperidine rings is 1. The maximum absolute atomic E-state index is 9.98. The number of benzene rings is 1. The van der Waals surface area contributed by atoms with Gasteiger partial charge >= 0.3 is 0 Å². The number of hydrogen-bond acceptors (Lipinski definition) is 2. The summed E-state index contributed by atoms with van der Waals surface area (Å²) >= 11 is 6.02. The van der Waals surface area contributed by atoms with Gasteiger partial charge in [-0.3, -0.25) is 0 Å². The van der Waals surface area contributed by atoms with Crippen molar-refractivity contribution in [3.63, 3.8) is 0 Å². The molecule has 1 aromatic rings. The van der Waals surface area contributed by atoms with Crippen molar-refractivity contribution in [3.05, 3.63) is 28.3 Å². The van der Waals surface area contributed by atoms with Gasteiger partial charge in [0.15, 0.2) is 0 Å². The van der Waals surface area contributed by atoms with Crippen LogP contribution < -0.4 is 5.32 Å². The predicted molar refractivity (Wildman–Crippen MR) is 67.2 cm³/mol. The van der Waals surface area contributed by atoms with Crippen LogP contribution in [0.4, 0.5) is 0 Å². The quantitative estimate of drug-likeness (QED) is 0.832. The second kappa shape index (κ2) is 5.07. The summed E-state index contributed by atoms with van der Waals surface area (Å²) < 4.78 is 0. The van der Waals surface area contributed by atoms with E-state index in [1.807, 2.05) is 19.1 Å². The molecule has 1 aliphatic heterocycles. The van der Waals surface area contributed by atoms with Gasteiger partial charge in [-0.1, -0.05) is 11.6 Å². The molecule has 0 atom stereocenters. The molecule has 0 unspecified atom stereocenters. The fraction of sp³-hybridized carbons (Fsp3) is 0.538. The minimum atomic E-state index is 0.419. The molecule has 1 heterocycles. The van der Waals surface area contributed by atoms with Crippen molar-refractivity contribution in [3.8, 4) is 5.75 Å². The van der Waals surface area contributed by atoms with E-state index in [1.165, 1.54) is 12.8 Å². The van der Waals surface area contributed by atoms with Gasteiger partial charge in [-0.25, -0.2) is 0 Å². The summed E-state index contributed by atoms with van der Waals surface area (Å²) in [5, 5.41) is 14.0. The number of aryl methyl sites for hydroxylation is 1. The van der Waals surface area contributed by atoms with E-state index >= 15 is 0 Å². The van der Waals surface area contributed by atoms with Crippen molar-refractivity contribution >= 4 is 11.6 Å². The Labute approximate surface area is 102 Å². The summed E-state index contributed by atoms with van der Waals surface area (Å²) in [5.41, 5.74) is 1.87. The summed E-state index contributed by atoms with van der Waals surface area (Å²) in [5.74, 6) is 1.09. The van der Waals surface area contributed by atoms with E-state index < -0.39 is 0 Å². The van der Waals surface area contributed by atoms with Gasteiger partial charge in [-0.15, -0.1) is 0 Å². The van der Waals surface area contributed by atoms with E-state index in [0.29, 0.717) is 11.7 Å². The Morgan fingerprint density at radius 3 is 2.75 bits per heavy atom. The number of aromatic hydroxyl groups is 1. The van der Waals surface area contributed by atoms with E-state index in [-0.39, 0.29) is 0 Å². The highest BCUT2D eigenvalue weighted by atomic mass is 35.5. The average molecular weight is 240 g/mol. The average Bonchev–Trinajstić information content (AvgIpc) is 2.27. The van der Waals surface area contributed by atoms with E-state index in [1.54, 1.807) is 0 Å². The van der Waals surface area contributed by atoms with Crippen LogP contribution in [0.5, 0.6) is 5.75 Å². The van der Waals surface area contributed by atoms with Crippen LogP contribution in [0.2, 0.25) is 5.02 Å². The lowest BCUT2D eigenvalue weighted by Gasteiger charge is -2.23. The first-order chi connectivity index (χ1) is 7.66. The van der Waals surface area contributed by atoms with Crippen LogP contribution in [0.15, 0.2) is 12.1 Å². The van der Waals surface area contributed by atoms with Crippen LogP contribution in [0.1, 0.15) is 24.0 Å². The highest BCUT2D eigenvalue weighted by Crippen LogP contribution is 2.30. The first-order valence-electron chi connectivity index (χ1n) is 5.85. The van der Waals surface area contributed by atoms with Gasteiger partial charge in [0.1, 0.15) is 5.75 Å². The number of rotatable bonds is 2. The normalized spacial score (nSPS) is 17.6. The Bertz CT molecular complexity index is 372. The van der Waals surface area contributed by atoms with E-state index in [0.717, 1.165) is 35.7 Å². The topological polar surface area (TPSA) is 32.3 Å². The lowest BCUT2D eigenvalue weighted by atomic mass is 9.90. The highest BCUT2D eigenvalue weighted by molar-refractivity contribution is 6.30. The second-order valence-electron chi connectivity index (χ2n) is 4.63. The Kier molecular flexibility index (Phi) is 3.72. The highest BCUT2D eigenvalue weighted by Gasteiger charge is 2.16. The molecule has 1 aliphatic rings. The van der Waals surface area contributed by atoms with Crippen LogP contribution in [0, 0.1) is 12.8 Å². The molecular weight excluding hydrogens is 222 g/mol. The predicted octanol–water partition coefficient (Wildman–Crippen LogP) is 2.90. The summed E-state index contributed by atoms with van der Waals surface area (Å²) in [6.45, 7) is 4.07. The fourth-order valence-corrected chi connectivity index (χ4v) is 2.65. The molecule has 0 aromatic heterocycles. The second-order valence-corrected chi connectivity index (χ2v) is 5.06. The Hall–Kier alpha value is -0.730. The van der Waals surface area contributed by atoms with Crippen LogP contribution in [0.3, 0.4) is 0 Å². The zero-order chi connectivity index (χ0) is 11.5. The molecular formula is C13H18ClNO. The number of hydrogen-bond donors (Lipinski definition) is 2. The van der Waals surface area contributed by atoms with Gasteiger partial charge in [0.25, 0.3) is 0 Å². The molecule has 3 heteroatoms. The van der Waals surface area contributed by atoms with Crippen LogP contribution in [-0.4, -0.2) is 18.2 Å². The lowest BCUT2D eigenvalue weighted by Crippen LogP contribution is -2.28. The molecule has 0 radical (unpaired) electrons. The van der Waals surface area contributed by atoms with Crippen molar-refractivity contribution in [1.82, 2.24) is 5.32 Å². The fourth-order valence-electron chi connectivity index (χ4n) is 2.36. The van der Waals surface area contributed by atoms with Crippen LogP contribution in [-0.2, 0) is 6.42 Å². The summed E-state index contributed by atoms with van der Waals surface area (Å²) in [4.78, 5) is 0. The van der Waals surface area contributed by atoms with Crippen molar-refractivity contribution < 1.29 is 5.11 Å². The van der Waals surface area contributed by atoms with Crippen molar-refractivity contribution in [2.75, 3.05) is 13.1 Å². The Morgan fingerprint density at radius 2 is 2.06 bits per heavy atom. The molecule has 0 amide bonds. The number of nitrogens with one attached hydrogen (secondary N) is 1. The molecule has 2 rings (SSSR count). The zero-order valence-electron chi connectivity index (χ0n) is 9.59. The first kappa shape index (κ1) is 11.7. The molecule has 0 bridgehead atoms. The minimum absolute atomic E-state index is 0.419. The van der Waals surface area contributed by atoms with Gasteiger partial charge in [0.05, 0.1) is 0 Å². The smallest absolute Gasteiger partial charge is 0.121 e. The van der Waals surface area contributed by atoms with Crippen molar-refractivity contribution in [2.24, 2.45) is 5.92 Å². The summed E-state index contributed by atoms with van der Waals surface area (Å²) in [6.07, 6.45) is 3.31. The SMILES string of the molecule is Cc1cc(Cl)cc(CC2CCNCC2)c1O. The third-order valence-electron chi connectivity index (χ3n) is 3.31. The zero-order valence-corrected chi connectivity index (χ0v) is 10.3. The molecule has 0 aliphatic carbocycles. The first-order valence-corrected chi connectivity index (χ1v) is 6.23. The number of phenols is 1. The third kappa shape index (κ3) is 2.69. The molecule has 2 N–H and O–H groups in total. The molecule has 1 fully saturated rings. The summed E-state index contributed by atoms with van der Waals surface area (Å²) in [7, 11) is 0. The molecule has 1 aromatic carbocycles. The lowest BCUT2D eigenvalue weighted by molar-refractivity contribution is 0.366. The van der Waals surface area contributed by atoms with Crippen LogP contribution >= 0.6 is 11.6 Å². The monoisotopic (exact) mass is 239 g/mol. The van der Waals surface area contributed by atoms with Gasteiger partial charge in [-0.2, -0.15) is 0 Å². The van der Waals surface area contributed by atoms with Crippen molar-refractivity contribution in [1.29, 1.82) is 0 Å². The standard InChI is InChI=1S/C13H18ClNO/c1-9-6-12(14)8-11(13(9)16)7-10-2-4-15-5-3-10/h6,8,10,15-16H,2-5,7H2,1H3. The number of phenolic OH excluding ortho intramolecular Hbond substituents is 1. The molecule has 2 nitrogen and oxygen atoms in total. The molecule has 0 spiro atoms. The van der Waals surface area contributed by atoms with Gasteiger partial charge in [-0.05, 0) is 68.5 Å². The van der Waals surface area contributed by atoms with Crippen molar-refractivity contribution in [2.45, 2.75) is 26.2 Å². The number of halogens is 1. The molecule has 0 saturated carbocycles. The Morgan fingerprint density at radius 1 is 1.38 bits per heavy atom.